The van der Waals surface area contributed by atoms with Gasteiger partial charge in [-0.2, -0.15) is 0 Å². The number of ketones is 2. The number of piperidine rings is 1. The molecule has 7 rings (SSSR count). The first kappa shape index (κ1) is 16.4. The van der Waals surface area contributed by atoms with Crippen LogP contribution in [0.2, 0.25) is 0 Å². The van der Waals surface area contributed by atoms with E-state index in [4.69, 9.17) is 0 Å². The van der Waals surface area contributed by atoms with E-state index in [2.05, 4.69) is 20.5 Å². The fraction of sp³-hybridized carbons (Fsp3) is 0.450. The summed E-state index contributed by atoms with van der Waals surface area (Å²) in [5, 5.41) is 16.1. The summed E-state index contributed by atoms with van der Waals surface area (Å²) in [5.41, 5.74) is 4.29. The largest absolute Gasteiger partial charge is 0.480 e. The molecule has 0 radical (unpaired) electrons. The number of Topliss-reactive ketones (excluding diaryl/α,β-unsaturated/α-hetero) is 1. The number of H-pyrrole nitrogens is 1. The number of fused-ring (bicyclic) bond motifs is 3. The minimum atomic E-state index is -0.945. The van der Waals surface area contributed by atoms with Crippen LogP contribution in [0.3, 0.4) is 0 Å². The number of carbonyl (C=O) groups is 3. The molecule has 5 atom stereocenters. The minimum Gasteiger partial charge on any atom is -0.480 e. The van der Waals surface area contributed by atoms with Crippen LogP contribution in [0.15, 0.2) is 22.8 Å². The van der Waals surface area contributed by atoms with Gasteiger partial charge in [-0.15, -0.1) is 11.8 Å². The van der Waals surface area contributed by atoms with Gasteiger partial charge in [0.15, 0.2) is 5.78 Å². The number of hydrogen-bond acceptors (Lipinski definition) is 7. The zero-order valence-corrected chi connectivity index (χ0v) is 16.1. The van der Waals surface area contributed by atoms with E-state index in [1.807, 2.05) is 6.20 Å². The van der Waals surface area contributed by atoms with Crippen molar-refractivity contribution in [2.45, 2.75) is 36.3 Å². The van der Waals surface area contributed by atoms with E-state index in [0.29, 0.717) is 12.2 Å². The zero-order valence-electron chi connectivity index (χ0n) is 15.3. The second-order valence-electron chi connectivity index (χ2n) is 8.62. The fourth-order valence-electron chi connectivity index (χ4n) is 6.52. The molecule has 2 saturated heterocycles. The van der Waals surface area contributed by atoms with E-state index in [-0.39, 0.29) is 29.5 Å². The summed E-state index contributed by atoms with van der Waals surface area (Å²) in [6.07, 6.45) is 5.20. The van der Waals surface area contributed by atoms with Gasteiger partial charge in [-0.3, -0.25) is 19.7 Å². The van der Waals surface area contributed by atoms with E-state index < -0.39 is 23.5 Å². The number of aromatic amines is 1. The first-order valence-corrected chi connectivity index (χ1v) is 10.8. The number of nitrogens with one attached hydrogen (secondary N) is 3. The lowest BCUT2D eigenvalue weighted by Gasteiger charge is -2.59. The smallest absolute Gasteiger partial charge is 0.317 e. The standard InChI is InChI=1S/C20H18N4O4S/c25-8-3-9-20-4-10(29-9)23-15-13(20)17-12-7(5-21-14(12)18(15)28)1-2-24(17)16(8)19(20)22-6-11(26)27/h3,5,10,15-16,19,21-23H,1-2,4,6H2,(H,26,27). The van der Waals surface area contributed by atoms with Crippen LogP contribution in [0, 0.1) is 5.41 Å². The molecule has 4 aliphatic heterocycles. The van der Waals surface area contributed by atoms with Crippen molar-refractivity contribution in [1.29, 1.82) is 0 Å². The molecule has 148 valence electrons. The van der Waals surface area contributed by atoms with Crippen LogP contribution in [0.4, 0.5) is 0 Å². The molecule has 2 fully saturated rings. The number of hydrogen-bond donors (Lipinski definition) is 4. The van der Waals surface area contributed by atoms with Gasteiger partial charge in [-0.05, 0) is 30.1 Å². The molecule has 5 heterocycles. The Bertz CT molecular complexity index is 1120. The first-order valence-electron chi connectivity index (χ1n) is 9.91. The topological polar surface area (TPSA) is 115 Å². The van der Waals surface area contributed by atoms with Crippen molar-refractivity contribution in [3.63, 3.8) is 0 Å². The predicted molar refractivity (Wildman–Crippen MR) is 104 cm³/mol. The van der Waals surface area contributed by atoms with Gasteiger partial charge >= 0.3 is 5.97 Å². The molecule has 2 aliphatic carbocycles. The monoisotopic (exact) mass is 410 g/mol. The van der Waals surface area contributed by atoms with Crippen LogP contribution < -0.4 is 10.6 Å². The molecular weight excluding hydrogens is 392 g/mol. The Kier molecular flexibility index (Phi) is 2.85. The summed E-state index contributed by atoms with van der Waals surface area (Å²) in [6.45, 7) is 0.476. The summed E-state index contributed by atoms with van der Waals surface area (Å²) >= 11 is 1.62. The van der Waals surface area contributed by atoms with E-state index in [0.717, 1.165) is 40.1 Å². The van der Waals surface area contributed by atoms with Crippen molar-refractivity contribution in [1.82, 2.24) is 20.5 Å². The third-order valence-corrected chi connectivity index (χ3v) is 8.75. The highest BCUT2D eigenvalue weighted by molar-refractivity contribution is 8.04. The fourth-order valence-corrected chi connectivity index (χ4v) is 8.09. The quantitative estimate of drug-likeness (QED) is 0.555. The highest BCUT2D eigenvalue weighted by atomic mass is 32.2. The number of aromatic nitrogens is 1. The van der Waals surface area contributed by atoms with E-state index in [9.17, 15) is 19.5 Å². The Labute approximate surface area is 169 Å². The van der Waals surface area contributed by atoms with E-state index in [1.54, 1.807) is 17.8 Å². The normalized spacial score (nSPS) is 37.8. The van der Waals surface area contributed by atoms with Crippen molar-refractivity contribution in [3.8, 4) is 0 Å². The Morgan fingerprint density at radius 2 is 2.28 bits per heavy atom. The lowest BCUT2D eigenvalue weighted by atomic mass is 9.56. The van der Waals surface area contributed by atoms with Gasteiger partial charge in [-0.25, -0.2) is 0 Å². The predicted octanol–water partition coefficient (Wildman–Crippen LogP) is 0.0930. The van der Waals surface area contributed by atoms with Gasteiger partial charge in [0.25, 0.3) is 0 Å². The number of carboxylic acids is 1. The van der Waals surface area contributed by atoms with Crippen molar-refractivity contribution in [2.24, 2.45) is 5.41 Å². The van der Waals surface area contributed by atoms with Crippen molar-refractivity contribution >= 4 is 35.0 Å². The van der Waals surface area contributed by atoms with Crippen molar-refractivity contribution in [3.05, 3.63) is 39.6 Å². The molecule has 6 aliphatic rings. The summed E-state index contributed by atoms with van der Waals surface area (Å²) < 4.78 is 0. The minimum absolute atomic E-state index is 0.0223. The van der Waals surface area contributed by atoms with Crippen LogP contribution in [-0.2, 0) is 16.0 Å². The average molecular weight is 410 g/mol. The summed E-state index contributed by atoms with van der Waals surface area (Å²) in [4.78, 5) is 44.4. The lowest BCUT2D eigenvalue weighted by molar-refractivity contribution is -0.137. The molecule has 1 aromatic heterocycles. The van der Waals surface area contributed by atoms with Crippen LogP contribution in [0.25, 0.3) is 5.70 Å². The SMILES string of the molecule is O=C(O)CNC1C2C(=O)C=C3SC4CC31C1=C3c5c(c[nH]c5C(=O)C1N4)CCN32. The second kappa shape index (κ2) is 5.03. The molecule has 0 aromatic carbocycles. The molecule has 3 bridgehead atoms. The maximum absolute atomic E-state index is 13.4. The number of nitrogens with zero attached hydrogens (tertiary/aromatic N) is 1. The van der Waals surface area contributed by atoms with Gasteiger partial charge in [0, 0.05) is 40.4 Å². The Morgan fingerprint density at radius 3 is 3.10 bits per heavy atom. The molecule has 0 saturated carbocycles. The highest BCUT2D eigenvalue weighted by Crippen LogP contribution is 2.67. The summed E-state index contributed by atoms with van der Waals surface area (Å²) in [6, 6.07) is -1.23. The van der Waals surface area contributed by atoms with Crippen molar-refractivity contribution < 1.29 is 19.5 Å². The Balaban J connectivity index is 1.56. The number of rotatable bonds is 3. The maximum atomic E-state index is 13.4. The molecule has 0 amide bonds. The summed E-state index contributed by atoms with van der Waals surface area (Å²) in [5.74, 6) is -0.876. The Hall–Kier alpha value is -2.36. The van der Waals surface area contributed by atoms with Gasteiger partial charge < -0.3 is 20.3 Å². The molecule has 1 aromatic rings. The number of carboxylic acid groups (broad SMARTS) is 1. The van der Waals surface area contributed by atoms with Gasteiger partial charge in [0.05, 0.1) is 23.7 Å². The molecule has 5 unspecified atom stereocenters. The van der Waals surface area contributed by atoms with Crippen LogP contribution >= 0.6 is 11.8 Å². The molecule has 29 heavy (non-hydrogen) atoms. The Morgan fingerprint density at radius 1 is 1.41 bits per heavy atom. The van der Waals surface area contributed by atoms with Gasteiger partial charge in [0.2, 0.25) is 5.78 Å². The molecule has 8 nitrogen and oxygen atoms in total. The van der Waals surface area contributed by atoms with E-state index >= 15 is 0 Å². The van der Waals surface area contributed by atoms with Crippen LogP contribution in [0.1, 0.15) is 28.0 Å². The first-order chi connectivity index (χ1) is 14.0. The van der Waals surface area contributed by atoms with Crippen LogP contribution in [0.5, 0.6) is 0 Å². The second-order valence-corrected chi connectivity index (χ2v) is 9.87. The zero-order chi connectivity index (χ0) is 19.7. The number of carbonyl (C=O) groups excluding carboxylic acids is 2. The summed E-state index contributed by atoms with van der Waals surface area (Å²) in [7, 11) is 0. The lowest BCUT2D eigenvalue weighted by Crippen LogP contribution is -2.71. The van der Waals surface area contributed by atoms with Crippen molar-refractivity contribution in [2.75, 3.05) is 13.1 Å². The maximum Gasteiger partial charge on any atom is 0.317 e. The average Bonchev–Trinajstić information content (AvgIpc) is 3.23. The third kappa shape index (κ3) is 1.71. The molecule has 1 spiro atoms. The third-order valence-electron chi connectivity index (χ3n) is 7.43. The van der Waals surface area contributed by atoms with Crippen LogP contribution in [-0.4, -0.2) is 69.1 Å². The molecular formula is C20H18N4O4S. The molecule has 9 heteroatoms. The van der Waals surface area contributed by atoms with Gasteiger partial charge in [-0.1, -0.05) is 0 Å². The van der Waals surface area contributed by atoms with E-state index in [1.165, 1.54) is 0 Å². The van der Waals surface area contributed by atoms with Gasteiger partial charge in [0.1, 0.15) is 6.04 Å². The number of aliphatic carboxylic acids is 1. The number of thioether (sulfide) groups is 1. The molecule has 4 N–H and O–H groups in total. The highest BCUT2D eigenvalue weighted by Gasteiger charge is 2.68.